The Balaban J connectivity index is 1.71. The van der Waals surface area contributed by atoms with Crippen molar-refractivity contribution >= 4 is 35.3 Å². The lowest BCUT2D eigenvalue weighted by atomic mass is 9.95. The molecule has 3 aromatic rings. The van der Waals surface area contributed by atoms with E-state index in [0.717, 1.165) is 24.0 Å². The van der Waals surface area contributed by atoms with Gasteiger partial charge in [0.1, 0.15) is 12.6 Å². The molecule has 0 spiro atoms. The molecular weight excluding hydrogens is 524 g/mol. The number of carbonyl (C=O) groups is 1. The van der Waals surface area contributed by atoms with Gasteiger partial charge >= 0.3 is 5.97 Å². The molecule has 0 fully saturated rings. The molecule has 0 bridgehead atoms. The lowest BCUT2D eigenvalue weighted by Gasteiger charge is -2.28. The zero-order valence-electron chi connectivity index (χ0n) is 21.7. The van der Waals surface area contributed by atoms with Gasteiger partial charge in [-0.2, -0.15) is 4.98 Å². The first-order chi connectivity index (χ1) is 18.5. The first-order valence-corrected chi connectivity index (χ1v) is 13.7. The number of hydrogen-bond acceptors (Lipinski definition) is 8. The Bertz CT molecular complexity index is 1340. The number of anilines is 1. The molecule has 10 heteroatoms. The van der Waals surface area contributed by atoms with Crippen molar-refractivity contribution < 1.29 is 19.0 Å². The molecular formula is C28H31ClN4O4S. The van der Waals surface area contributed by atoms with Crippen molar-refractivity contribution in [1.29, 1.82) is 0 Å². The van der Waals surface area contributed by atoms with Crippen LogP contribution in [0.2, 0.25) is 5.02 Å². The number of allylic oxidation sites excluding steroid dienone is 1. The van der Waals surface area contributed by atoms with Crippen molar-refractivity contribution in [1.82, 2.24) is 14.8 Å². The van der Waals surface area contributed by atoms with Crippen molar-refractivity contribution in [2.75, 3.05) is 25.6 Å². The Hall–Kier alpha value is -3.43. The molecule has 1 aromatic heterocycles. The molecule has 0 amide bonds. The molecule has 1 unspecified atom stereocenters. The number of fused-ring (bicyclic) bond motifs is 1. The first-order valence-electron chi connectivity index (χ1n) is 12.4. The fraction of sp³-hybridized carbons (Fsp3) is 0.321. The first kappa shape index (κ1) is 27.6. The third-order valence-electron chi connectivity index (χ3n) is 5.96. The Kier molecular flexibility index (Phi) is 9.36. The molecule has 38 heavy (non-hydrogen) atoms. The number of carbonyl (C=O) groups excluding carboxylic acids is 1. The number of ether oxygens (including phenoxy) is 3. The molecule has 0 saturated heterocycles. The van der Waals surface area contributed by atoms with Crippen molar-refractivity contribution in [2.45, 2.75) is 43.6 Å². The Labute approximate surface area is 232 Å². The number of methoxy groups -OCH3 is 1. The minimum absolute atomic E-state index is 0.0962. The largest absolute Gasteiger partial charge is 0.493 e. The van der Waals surface area contributed by atoms with Gasteiger partial charge in [-0.15, -0.1) is 5.10 Å². The lowest BCUT2D eigenvalue weighted by Crippen LogP contribution is -2.29. The number of aromatic nitrogens is 3. The lowest BCUT2D eigenvalue weighted by molar-refractivity contribution is -0.138. The van der Waals surface area contributed by atoms with Crippen LogP contribution in [0.4, 0.5) is 5.95 Å². The number of thioether (sulfide) groups is 1. The number of nitrogens with one attached hydrogen (secondary N) is 1. The maximum Gasteiger partial charge on any atom is 0.338 e. The number of unbranched alkanes of at least 4 members (excludes halogenated alkanes) is 1. The smallest absolute Gasteiger partial charge is 0.338 e. The molecule has 4 rings (SSSR count). The van der Waals surface area contributed by atoms with Gasteiger partial charge in [-0.05, 0) is 42.7 Å². The second-order valence-corrected chi connectivity index (χ2v) is 9.96. The van der Waals surface area contributed by atoms with Gasteiger partial charge < -0.3 is 19.5 Å². The van der Waals surface area contributed by atoms with Crippen LogP contribution >= 0.6 is 23.4 Å². The summed E-state index contributed by atoms with van der Waals surface area (Å²) in [6.07, 6.45) is 3.51. The van der Waals surface area contributed by atoms with Crippen LogP contribution in [0, 0.1) is 0 Å². The van der Waals surface area contributed by atoms with Gasteiger partial charge in [0.05, 0.1) is 19.3 Å². The van der Waals surface area contributed by atoms with E-state index >= 15 is 0 Å². The Morgan fingerprint density at radius 1 is 1.26 bits per heavy atom. The van der Waals surface area contributed by atoms with E-state index in [1.165, 1.54) is 17.8 Å². The van der Waals surface area contributed by atoms with E-state index in [9.17, 15) is 4.79 Å². The molecule has 200 valence electrons. The molecule has 2 aromatic carbocycles. The summed E-state index contributed by atoms with van der Waals surface area (Å²) in [6.45, 7) is 8.27. The highest BCUT2D eigenvalue weighted by Gasteiger charge is 2.35. The SMILES string of the molecule is C=CCOC(=O)C1=C(C)Nc2nc(SCc3ccccc3Cl)nn2C1c1ccc(OCCCC)c(OC)c1. The topological polar surface area (TPSA) is 87.5 Å². The van der Waals surface area contributed by atoms with E-state index in [1.807, 2.05) is 49.4 Å². The van der Waals surface area contributed by atoms with Crippen LogP contribution in [0.25, 0.3) is 0 Å². The quantitative estimate of drug-likeness (QED) is 0.119. The average molecular weight is 555 g/mol. The summed E-state index contributed by atoms with van der Waals surface area (Å²) >= 11 is 7.80. The number of nitrogens with zero attached hydrogens (tertiary/aromatic N) is 3. The summed E-state index contributed by atoms with van der Waals surface area (Å²) in [5.41, 5.74) is 2.83. The summed E-state index contributed by atoms with van der Waals surface area (Å²) in [6, 6.07) is 12.7. The van der Waals surface area contributed by atoms with Crippen LogP contribution < -0.4 is 14.8 Å². The number of esters is 1. The maximum atomic E-state index is 13.2. The minimum Gasteiger partial charge on any atom is -0.493 e. The van der Waals surface area contributed by atoms with Crippen LogP contribution in [-0.2, 0) is 15.3 Å². The van der Waals surface area contributed by atoms with Crippen molar-refractivity contribution in [2.24, 2.45) is 0 Å². The van der Waals surface area contributed by atoms with E-state index in [4.69, 9.17) is 30.9 Å². The number of halogens is 1. The third-order valence-corrected chi connectivity index (χ3v) is 7.21. The van der Waals surface area contributed by atoms with Gasteiger partial charge in [0.25, 0.3) is 0 Å². The van der Waals surface area contributed by atoms with E-state index < -0.39 is 12.0 Å². The highest BCUT2D eigenvalue weighted by Crippen LogP contribution is 2.40. The molecule has 8 nitrogen and oxygen atoms in total. The molecule has 2 heterocycles. The van der Waals surface area contributed by atoms with Gasteiger partial charge in [-0.1, -0.05) is 73.6 Å². The van der Waals surface area contributed by atoms with Crippen LogP contribution in [0.15, 0.2) is 71.5 Å². The van der Waals surface area contributed by atoms with Crippen LogP contribution in [0.3, 0.4) is 0 Å². The van der Waals surface area contributed by atoms with Gasteiger partial charge in [-0.25, -0.2) is 9.48 Å². The normalized spacial score (nSPS) is 14.5. The molecule has 1 aliphatic heterocycles. The summed E-state index contributed by atoms with van der Waals surface area (Å²) < 4.78 is 18.7. The molecule has 0 aliphatic carbocycles. The average Bonchev–Trinajstić information content (AvgIpc) is 3.33. The van der Waals surface area contributed by atoms with Crippen LogP contribution in [0.1, 0.15) is 43.9 Å². The second-order valence-electron chi connectivity index (χ2n) is 8.61. The minimum atomic E-state index is -0.593. The Morgan fingerprint density at radius 3 is 2.82 bits per heavy atom. The number of hydrogen-bond donors (Lipinski definition) is 1. The van der Waals surface area contributed by atoms with Crippen molar-refractivity contribution in [3.63, 3.8) is 0 Å². The van der Waals surface area contributed by atoms with E-state index in [1.54, 1.807) is 11.8 Å². The fourth-order valence-electron chi connectivity index (χ4n) is 4.04. The van der Waals surface area contributed by atoms with Gasteiger partial charge in [0.2, 0.25) is 11.1 Å². The highest BCUT2D eigenvalue weighted by atomic mass is 35.5. The number of benzene rings is 2. The highest BCUT2D eigenvalue weighted by molar-refractivity contribution is 7.98. The van der Waals surface area contributed by atoms with Gasteiger partial charge in [0, 0.05) is 16.5 Å². The monoisotopic (exact) mass is 554 g/mol. The van der Waals surface area contributed by atoms with Crippen LogP contribution in [-0.4, -0.2) is 41.1 Å². The predicted molar refractivity (Wildman–Crippen MR) is 150 cm³/mol. The third kappa shape index (κ3) is 6.16. The zero-order valence-corrected chi connectivity index (χ0v) is 23.3. The van der Waals surface area contributed by atoms with Crippen LogP contribution in [0.5, 0.6) is 11.5 Å². The summed E-state index contributed by atoms with van der Waals surface area (Å²) in [4.78, 5) is 17.9. The summed E-state index contributed by atoms with van der Waals surface area (Å²) in [5, 5.41) is 9.23. The molecule has 0 saturated carbocycles. The van der Waals surface area contributed by atoms with Crippen molar-refractivity contribution in [3.05, 3.63) is 82.5 Å². The van der Waals surface area contributed by atoms with Crippen molar-refractivity contribution in [3.8, 4) is 11.5 Å². The zero-order chi connectivity index (χ0) is 27.1. The van der Waals surface area contributed by atoms with Gasteiger partial charge in [0.15, 0.2) is 11.5 Å². The van der Waals surface area contributed by atoms with E-state index in [-0.39, 0.29) is 6.61 Å². The summed E-state index contributed by atoms with van der Waals surface area (Å²) in [7, 11) is 1.60. The maximum absolute atomic E-state index is 13.2. The second kappa shape index (κ2) is 12.9. The molecule has 0 radical (unpaired) electrons. The molecule has 1 aliphatic rings. The van der Waals surface area contributed by atoms with E-state index in [0.29, 0.717) is 51.3 Å². The molecule has 1 atom stereocenters. The summed E-state index contributed by atoms with van der Waals surface area (Å²) in [5.74, 6) is 1.88. The Morgan fingerprint density at radius 2 is 2.08 bits per heavy atom. The predicted octanol–water partition coefficient (Wildman–Crippen LogP) is 6.43. The standard InChI is InChI=1S/C28H31ClN4O4S/c1-5-7-15-36-22-13-12-19(16-23(22)35-4)25-24(26(34)37-14-6-2)18(3)30-27-31-28(32-33(25)27)38-17-20-10-8-9-11-21(20)29/h6,8-13,16,25H,2,5,7,14-15,17H2,1,3-4H3,(H,30,31,32). The van der Waals surface area contributed by atoms with E-state index in [2.05, 4.69) is 23.8 Å². The fourth-order valence-corrected chi connectivity index (χ4v) is 5.15. The number of rotatable bonds is 12. The van der Waals surface area contributed by atoms with Gasteiger partial charge in [-0.3, -0.25) is 0 Å². The molecule has 1 N–H and O–H groups in total.